The minimum absolute atomic E-state index is 0.0852. The van der Waals surface area contributed by atoms with Gasteiger partial charge in [0.05, 0.1) is 16.8 Å². The van der Waals surface area contributed by atoms with Gasteiger partial charge < -0.3 is 4.74 Å². The van der Waals surface area contributed by atoms with Crippen LogP contribution in [0.4, 0.5) is 13.2 Å². The van der Waals surface area contributed by atoms with Crippen molar-refractivity contribution in [3.05, 3.63) is 93.7 Å². The van der Waals surface area contributed by atoms with Gasteiger partial charge >= 0.3 is 11.9 Å². The number of terminal acetylenes is 1. The van der Waals surface area contributed by atoms with Crippen LogP contribution < -0.4 is 10.4 Å². The van der Waals surface area contributed by atoms with E-state index in [0.717, 1.165) is 11.8 Å². The second-order valence-corrected chi connectivity index (χ2v) is 7.25. The Balaban J connectivity index is 1.87. The van der Waals surface area contributed by atoms with Gasteiger partial charge in [0, 0.05) is 16.8 Å². The smallest absolute Gasteiger partial charge is 0.417 e. The predicted octanol–water partition coefficient (Wildman–Crippen LogP) is 4.78. The average molecular weight is 462 g/mol. The number of nitrogens with zero attached hydrogens (tertiary/aromatic N) is 3. The van der Waals surface area contributed by atoms with Gasteiger partial charge in [-0.3, -0.25) is 9.97 Å². The Morgan fingerprint density at radius 3 is 2.50 bits per heavy atom. The van der Waals surface area contributed by atoms with Crippen LogP contribution in [0.15, 0.2) is 65.5 Å². The Kier molecular flexibility index (Phi) is 6.15. The number of ether oxygens (including phenoxy) is 1. The second kappa shape index (κ2) is 9.19. The summed E-state index contributed by atoms with van der Waals surface area (Å²) < 4.78 is 47.6. The maximum atomic E-state index is 13.9. The fourth-order valence-electron chi connectivity index (χ4n) is 3.39. The molecule has 0 fully saturated rings. The van der Waals surface area contributed by atoms with Crippen LogP contribution in [0.5, 0.6) is 5.75 Å². The Hall–Kier alpha value is -4.45. The van der Waals surface area contributed by atoms with Crippen molar-refractivity contribution in [2.75, 3.05) is 0 Å². The molecule has 6 nitrogen and oxygen atoms in total. The van der Waals surface area contributed by atoms with Gasteiger partial charge in [-0.25, -0.2) is 9.78 Å². The zero-order valence-electron chi connectivity index (χ0n) is 17.8. The number of aromatic nitrogens is 4. The number of H-pyrrole nitrogens is 1. The van der Waals surface area contributed by atoms with E-state index in [0.29, 0.717) is 16.8 Å². The molecule has 0 aliphatic heterocycles. The molecule has 0 saturated heterocycles. The number of nitrogens with one attached hydrogen (secondary N) is 1. The van der Waals surface area contributed by atoms with Gasteiger partial charge in [0.15, 0.2) is 5.82 Å². The number of pyridine rings is 1. The number of halogens is 3. The largest absolute Gasteiger partial charge is 0.487 e. The van der Waals surface area contributed by atoms with Crippen molar-refractivity contribution in [1.29, 1.82) is 0 Å². The van der Waals surface area contributed by atoms with Crippen LogP contribution in [-0.4, -0.2) is 19.9 Å². The summed E-state index contributed by atoms with van der Waals surface area (Å²) in [4.78, 5) is 27.0. The average Bonchev–Trinajstić information content (AvgIpc) is 2.81. The zero-order chi connectivity index (χ0) is 24.3. The quantitative estimate of drug-likeness (QED) is 0.432. The van der Waals surface area contributed by atoms with Gasteiger partial charge in [0.1, 0.15) is 18.2 Å². The third kappa shape index (κ3) is 4.81. The lowest BCUT2D eigenvalue weighted by atomic mass is 10.0. The molecule has 2 aromatic heterocycles. The van der Waals surface area contributed by atoms with Crippen molar-refractivity contribution in [3.8, 4) is 40.9 Å². The molecule has 9 heteroatoms. The minimum atomic E-state index is -4.74. The van der Waals surface area contributed by atoms with Crippen LogP contribution in [-0.2, 0) is 12.8 Å². The molecule has 4 rings (SSSR count). The third-order valence-electron chi connectivity index (χ3n) is 4.86. The van der Waals surface area contributed by atoms with Crippen molar-refractivity contribution in [2.45, 2.75) is 19.7 Å². The van der Waals surface area contributed by atoms with E-state index in [1.807, 2.05) is 0 Å². The van der Waals surface area contributed by atoms with Crippen molar-refractivity contribution >= 4 is 0 Å². The van der Waals surface area contributed by atoms with Crippen LogP contribution >= 0.6 is 0 Å². The summed E-state index contributed by atoms with van der Waals surface area (Å²) in [6.45, 7) is 1.71. The van der Waals surface area contributed by atoms with E-state index < -0.39 is 23.0 Å². The van der Waals surface area contributed by atoms with Crippen LogP contribution in [0, 0.1) is 19.3 Å². The van der Waals surface area contributed by atoms with Crippen LogP contribution in [0.3, 0.4) is 0 Å². The first-order chi connectivity index (χ1) is 16.3. The number of benzene rings is 2. The fourth-order valence-corrected chi connectivity index (χ4v) is 3.39. The van der Waals surface area contributed by atoms with Gasteiger partial charge in [0.2, 0.25) is 0 Å². The molecule has 0 amide bonds. The van der Waals surface area contributed by atoms with Crippen molar-refractivity contribution in [1.82, 2.24) is 19.9 Å². The molecule has 0 spiro atoms. The van der Waals surface area contributed by atoms with Crippen molar-refractivity contribution < 1.29 is 17.9 Å². The summed E-state index contributed by atoms with van der Waals surface area (Å²) in [7, 11) is 0. The molecule has 34 heavy (non-hydrogen) atoms. The summed E-state index contributed by atoms with van der Waals surface area (Å²) >= 11 is 0. The molecule has 2 heterocycles. The van der Waals surface area contributed by atoms with Crippen LogP contribution in [0.2, 0.25) is 0 Å². The van der Waals surface area contributed by atoms with Gasteiger partial charge in [-0.05, 0) is 43.3 Å². The first-order valence-electron chi connectivity index (χ1n) is 10.1. The topological polar surface area (TPSA) is 80.8 Å². The minimum Gasteiger partial charge on any atom is -0.487 e. The number of aryl methyl sites for hydroxylation is 1. The van der Waals surface area contributed by atoms with Gasteiger partial charge in [-0.2, -0.15) is 18.2 Å². The SMILES string of the molecule is C#Cc1ccccc1-c1nc(-c2c(OCc3cccc(C)n3)cccc2C(F)(F)F)[nH]c(=O)n1. The Morgan fingerprint density at radius 1 is 1.00 bits per heavy atom. The Labute approximate surface area is 192 Å². The van der Waals surface area contributed by atoms with E-state index in [2.05, 4.69) is 25.9 Å². The van der Waals surface area contributed by atoms with E-state index in [-0.39, 0.29) is 24.0 Å². The summed E-state index contributed by atoms with van der Waals surface area (Å²) in [6.07, 6.45) is 0.779. The molecular weight excluding hydrogens is 445 g/mol. The lowest BCUT2D eigenvalue weighted by molar-refractivity contribution is -0.137. The maximum Gasteiger partial charge on any atom is 0.417 e. The number of rotatable bonds is 5. The van der Waals surface area contributed by atoms with E-state index in [1.165, 1.54) is 12.1 Å². The molecule has 0 atom stereocenters. The second-order valence-electron chi connectivity index (χ2n) is 7.25. The Morgan fingerprint density at radius 2 is 1.76 bits per heavy atom. The van der Waals surface area contributed by atoms with Crippen molar-refractivity contribution in [2.24, 2.45) is 0 Å². The Bertz CT molecular complexity index is 1460. The molecule has 0 saturated carbocycles. The highest BCUT2D eigenvalue weighted by Gasteiger charge is 2.36. The highest BCUT2D eigenvalue weighted by Crippen LogP contribution is 2.41. The zero-order valence-corrected chi connectivity index (χ0v) is 17.8. The molecule has 0 aliphatic rings. The van der Waals surface area contributed by atoms with E-state index in [9.17, 15) is 18.0 Å². The molecule has 1 N–H and O–H groups in total. The number of aromatic amines is 1. The summed E-state index contributed by atoms with van der Waals surface area (Å²) in [5.41, 5.74) is -0.312. The standard InChI is InChI=1S/C25H17F3N4O2/c1-3-16-9-4-5-11-18(16)22-30-23(32-24(33)31-22)21-19(25(26,27)28)12-7-13-20(21)34-14-17-10-6-8-15(2)29-17/h1,4-13H,14H2,2H3,(H,30,31,32,33). The van der Waals surface area contributed by atoms with Gasteiger partial charge in [-0.1, -0.05) is 30.2 Å². The van der Waals surface area contributed by atoms with Crippen LogP contribution in [0.1, 0.15) is 22.5 Å². The molecule has 170 valence electrons. The molecule has 2 aromatic carbocycles. The molecular formula is C25H17F3N4O2. The predicted molar refractivity (Wildman–Crippen MR) is 120 cm³/mol. The van der Waals surface area contributed by atoms with Crippen molar-refractivity contribution in [3.63, 3.8) is 0 Å². The van der Waals surface area contributed by atoms with Crippen LogP contribution in [0.25, 0.3) is 22.8 Å². The monoisotopic (exact) mass is 462 g/mol. The normalized spacial score (nSPS) is 11.1. The molecule has 0 radical (unpaired) electrons. The summed E-state index contributed by atoms with van der Waals surface area (Å²) in [5.74, 6) is 1.89. The summed E-state index contributed by atoms with van der Waals surface area (Å²) in [5, 5.41) is 0. The lowest BCUT2D eigenvalue weighted by Gasteiger charge is -2.17. The number of hydrogen-bond acceptors (Lipinski definition) is 5. The number of alkyl halides is 3. The first-order valence-corrected chi connectivity index (χ1v) is 10.1. The van der Waals surface area contributed by atoms with Gasteiger partial charge in [-0.15, -0.1) is 6.42 Å². The highest BCUT2D eigenvalue weighted by molar-refractivity contribution is 5.72. The highest BCUT2D eigenvalue weighted by atomic mass is 19.4. The third-order valence-corrected chi connectivity index (χ3v) is 4.86. The molecule has 0 bridgehead atoms. The summed E-state index contributed by atoms with van der Waals surface area (Å²) in [6, 6.07) is 15.3. The maximum absolute atomic E-state index is 13.9. The van der Waals surface area contributed by atoms with Gasteiger partial charge in [0.25, 0.3) is 0 Å². The molecule has 4 aromatic rings. The first kappa shape index (κ1) is 22.7. The van der Waals surface area contributed by atoms with E-state index in [1.54, 1.807) is 49.4 Å². The molecule has 0 aliphatic carbocycles. The molecule has 0 unspecified atom stereocenters. The lowest BCUT2D eigenvalue weighted by Crippen LogP contribution is -2.17. The van der Waals surface area contributed by atoms with E-state index in [4.69, 9.17) is 11.2 Å². The fraction of sp³-hybridized carbons (Fsp3) is 0.120. The number of hydrogen-bond donors (Lipinski definition) is 1. The van der Waals surface area contributed by atoms with E-state index >= 15 is 0 Å².